The predicted octanol–water partition coefficient (Wildman–Crippen LogP) is 6.94. The van der Waals surface area contributed by atoms with Gasteiger partial charge in [0.05, 0.1) is 25.3 Å². The highest BCUT2D eigenvalue weighted by molar-refractivity contribution is 5.98. The number of Topliss-reactive ketones (excluding diaryl/α,β-unsaturated/α-hetero) is 1. The highest BCUT2D eigenvalue weighted by Crippen LogP contribution is 2.38. The Bertz CT molecular complexity index is 1170. The smallest absolute Gasteiger partial charge is 0.159 e. The molecule has 0 aliphatic rings. The van der Waals surface area contributed by atoms with Gasteiger partial charge in [-0.15, -0.1) is 0 Å². The second-order valence-electron chi connectivity index (χ2n) is 7.66. The lowest BCUT2D eigenvalue weighted by Crippen LogP contribution is -1.99. The van der Waals surface area contributed by atoms with Crippen LogP contribution in [-0.4, -0.2) is 29.6 Å². The van der Waals surface area contributed by atoms with Crippen molar-refractivity contribution >= 4 is 16.8 Å². The molecule has 1 heterocycles. The molecule has 3 aromatic rings. The van der Waals surface area contributed by atoms with Crippen LogP contribution in [0.3, 0.4) is 0 Å². The van der Waals surface area contributed by atoms with Gasteiger partial charge in [0, 0.05) is 12.6 Å². The van der Waals surface area contributed by atoms with E-state index in [4.69, 9.17) is 14.5 Å². The summed E-state index contributed by atoms with van der Waals surface area (Å²) in [5.41, 5.74) is 5.84. The largest absolute Gasteiger partial charge is 0.496 e. The predicted molar refractivity (Wildman–Crippen MR) is 137 cm³/mol. The second-order valence-corrected chi connectivity index (χ2v) is 7.66. The van der Waals surface area contributed by atoms with Crippen molar-refractivity contribution in [2.45, 2.75) is 34.6 Å². The first kappa shape index (κ1) is 25.7. The number of benzene rings is 2. The number of hydrogen-bond donors (Lipinski definition) is 0. The van der Waals surface area contributed by atoms with Crippen molar-refractivity contribution in [3.8, 4) is 22.9 Å². The first-order valence-corrected chi connectivity index (χ1v) is 10.9. The van der Waals surface area contributed by atoms with Crippen LogP contribution in [0.1, 0.15) is 45.0 Å². The summed E-state index contributed by atoms with van der Waals surface area (Å²) in [7, 11) is 5.16. The van der Waals surface area contributed by atoms with Crippen LogP contribution in [0.15, 0.2) is 71.8 Å². The zero-order valence-corrected chi connectivity index (χ0v) is 20.9. The molecule has 0 unspecified atom stereocenters. The summed E-state index contributed by atoms with van der Waals surface area (Å²) in [5, 5.41) is 0. The standard InChI is InChI=1S/C18H18N2O3.C10H16/c1-11(21)12-8-9-13-14(10-12)20(2)18(19-13)17-15(22-3)6-5-7-16(17)23-4;1-5-7-9(3)10(4)8-6-2/h5-10H,1-4H3;5-8H,1-4H3/b;7-5-,8-6+,10-9-. The molecule has 0 fully saturated rings. The molecular formula is C28H34N2O3. The summed E-state index contributed by atoms with van der Waals surface area (Å²) in [4.78, 5) is 16.3. The molecule has 5 heteroatoms. The van der Waals surface area contributed by atoms with E-state index in [9.17, 15) is 4.79 Å². The fourth-order valence-electron chi connectivity index (χ4n) is 3.47. The van der Waals surface area contributed by atoms with Gasteiger partial charge in [0.25, 0.3) is 0 Å². The molecule has 0 saturated carbocycles. The van der Waals surface area contributed by atoms with Gasteiger partial charge >= 0.3 is 0 Å². The molecule has 0 aliphatic heterocycles. The molecule has 0 aliphatic carbocycles. The number of aromatic nitrogens is 2. The van der Waals surface area contributed by atoms with Crippen LogP contribution in [0.4, 0.5) is 0 Å². The van der Waals surface area contributed by atoms with Crippen LogP contribution in [-0.2, 0) is 7.05 Å². The van der Waals surface area contributed by atoms with Crippen molar-refractivity contribution in [2.75, 3.05) is 14.2 Å². The number of ketones is 1. The van der Waals surface area contributed by atoms with Crippen molar-refractivity contribution < 1.29 is 14.3 Å². The third kappa shape index (κ3) is 6.01. The Labute approximate surface area is 197 Å². The van der Waals surface area contributed by atoms with E-state index < -0.39 is 0 Å². The third-order valence-electron chi connectivity index (χ3n) is 5.39. The molecular weight excluding hydrogens is 412 g/mol. The molecule has 0 saturated heterocycles. The molecule has 0 bridgehead atoms. The Morgan fingerprint density at radius 2 is 1.45 bits per heavy atom. The first-order valence-electron chi connectivity index (χ1n) is 10.9. The number of nitrogens with zero attached hydrogens (tertiary/aromatic N) is 2. The normalized spacial score (nSPS) is 12.0. The number of fused-ring (bicyclic) bond motifs is 1. The van der Waals surface area contributed by atoms with Gasteiger partial charge in [-0.1, -0.05) is 30.4 Å². The molecule has 0 spiro atoms. The van der Waals surface area contributed by atoms with Gasteiger partial charge in [0.2, 0.25) is 0 Å². The minimum absolute atomic E-state index is 0.0320. The molecule has 1 aromatic heterocycles. The van der Waals surface area contributed by atoms with E-state index in [-0.39, 0.29) is 5.78 Å². The Morgan fingerprint density at radius 3 is 1.91 bits per heavy atom. The second kappa shape index (κ2) is 11.9. The zero-order chi connectivity index (χ0) is 24.5. The summed E-state index contributed by atoms with van der Waals surface area (Å²) in [5.74, 6) is 2.14. The molecule has 0 amide bonds. The van der Waals surface area contributed by atoms with E-state index in [1.54, 1.807) is 27.2 Å². The summed E-state index contributed by atoms with van der Waals surface area (Å²) >= 11 is 0. The van der Waals surface area contributed by atoms with Crippen molar-refractivity contribution in [3.05, 3.63) is 77.4 Å². The van der Waals surface area contributed by atoms with Gasteiger partial charge in [-0.05, 0) is 76.1 Å². The van der Waals surface area contributed by atoms with Crippen molar-refractivity contribution in [1.82, 2.24) is 9.55 Å². The molecule has 0 atom stereocenters. The van der Waals surface area contributed by atoms with Gasteiger partial charge in [0.15, 0.2) is 5.78 Å². The van der Waals surface area contributed by atoms with Crippen LogP contribution in [0.2, 0.25) is 0 Å². The summed E-state index contributed by atoms with van der Waals surface area (Å²) in [6.07, 6.45) is 8.36. The first-order chi connectivity index (χ1) is 15.8. The lowest BCUT2D eigenvalue weighted by molar-refractivity contribution is 0.101. The van der Waals surface area contributed by atoms with Crippen LogP contribution < -0.4 is 9.47 Å². The molecule has 2 aromatic carbocycles. The van der Waals surface area contributed by atoms with Crippen molar-refractivity contribution in [2.24, 2.45) is 7.05 Å². The molecule has 0 radical (unpaired) electrons. The van der Waals surface area contributed by atoms with E-state index >= 15 is 0 Å². The lowest BCUT2D eigenvalue weighted by Gasteiger charge is -2.12. The average molecular weight is 447 g/mol. The van der Waals surface area contributed by atoms with E-state index in [0.29, 0.717) is 17.1 Å². The Balaban J connectivity index is 0.000000328. The molecule has 5 nitrogen and oxygen atoms in total. The Kier molecular flexibility index (Phi) is 9.22. The third-order valence-corrected chi connectivity index (χ3v) is 5.39. The zero-order valence-electron chi connectivity index (χ0n) is 20.9. The number of carbonyl (C=O) groups is 1. The Morgan fingerprint density at radius 1 is 0.909 bits per heavy atom. The van der Waals surface area contributed by atoms with Gasteiger partial charge in [-0.3, -0.25) is 4.79 Å². The van der Waals surface area contributed by atoms with Crippen LogP contribution in [0.25, 0.3) is 22.4 Å². The molecule has 33 heavy (non-hydrogen) atoms. The van der Waals surface area contributed by atoms with E-state index in [0.717, 1.165) is 22.4 Å². The van der Waals surface area contributed by atoms with E-state index in [1.807, 2.05) is 55.8 Å². The number of allylic oxidation sites excluding steroid dienone is 6. The number of ether oxygens (including phenoxy) is 2. The maximum Gasteiger partial charge on any atom is 0.159 e. The van der Waals surface area contributed by atoms with Gasteiger partial charge in [-0.25, -0.2) is 4.98 Å². The van der Waals surface area contributed by atoms with Crippen LogP contribution >= 0.6 is 0 Å². The van der Waals surface area contributed by atoms with E-state index in [1.165, 1.54) is 11.1 Å². The van der Waals surface area contributed by atoms with Gasteiger partial charge < -0.3 is 14.0 Å². The molecule has 174 valence electrons. The van der Waals surface area contributed by atoms with Crippen molar-refractivity contribution in [3.63, 3.8) is 0 Å². The maximum atomic E-state index is 11.6. The fraction of sp³-hybridized carbons (Fsp3) is 0.286. The maximum absolute atomic E-state index is 11.6. The highest BCUT2D eigenvalue weighted by Gasteiger charge is 2.19. The van der Waals surface area contributed by atoms with Crippen LogP contribution in [0, 0.1) is 0 Å². The SMILES string of the molecule is COc1cccc(OC)c1-c1nc2ccc(C(C)=O)cc2n1C.C\C=C/C(C)=C(C)\C=C\C. The number of imidazole rings is 1. The lowest BCUT2D eigenvalue weighted by atomic mass is 10.1. The fourth-order valence-corrected chi connectivity index (χ4v) is 3.47. The van der Waals surface area contributed by atoms with E-state index in [2.05, 4.69) is 38.2 Å². The molecule has 3 rings (SSSR count). The quantitative estimate of drug-likeness (QED) is 0.304. The summed E-state index contributed by atoms with van der Waals surface area (Å²) in [6.45, 7) is 9.87. The van der Waals surface area contributed by atoms with Gasteiger partial charge in [-0.2, -0.15) is 0 Å². The van der Waals surface area contributed by atoms with Crippen molar-refractivity contribution in [1.29, 1.82) is 0 Å². The number of hydrogen-bond acceptors (Lipinski definition) is 4. The number of carbonyl (C=O) groups excluding carboxylic acids is 1. The summed E-state index contributed by atoms with van der Waals surface area (Å²) in [6, 6.07) is 11.1. The minimum atomic E-state index is 0.0320. The molecule has 0 N–H and O–H groups in total. The summed E-state index contributed by atoms with van der Waals surface area (Å²) < 4.78 is 12.9. The number of aryl methyl sites for hydroxylation is 1. The van der Waals surface area contributed by atoms with Gasteiger partial charge in [0.1, 0.15) is 22.9 Å². The highest BCUT2D eigenvalue weighted by atomic mass is 16.5. The van der Waals surface area contributed by atoms with Crippen LogP contribution in [0.5, 0.6) is 11.5 Å². The average Bonchev–Trinajstić information content (AvgIpc) is 3.14. The Hall–Kier alpha value is -3.60. The number of methoxy groups -OCH3 is 2. The minimum Gasteiger partial charge on any atom is -0.496 e. The topological polar surface area (TPSA) is 53.4 Å². The number of rotatable bonds is 6. The monoisotopic (exact) mass is 446 g/mol.